The number of benzene rings is 1. The molecule has 1 heterocycles. The van der Waals surface area contributed by atoms with Gasteiger partial charge < -0.3 is 9.84 Å². The first kappa shape index (κ1) is 21.2. The molecule has 6 nitrogen and oxygen atoms in total. The van der Waals surface area contributed by atoms with Crippen molar-refractivity contribution in [3.8, 4) is 17.7 Å². The number of ether oxygens (including phenoxy) is 1. The molecule has 0 bridgehead atoms. The van der Waals surface area contributed by atoms with Crippen molar-refractivity contribution in [3.63, 3.8) is 0 Å². The van der Waals surface area contributed by atoms with Crippen LogP contribution in [0.1, 0.15) is 67.1 Å². The highest BCUT2D eigenvalue weighted by Gasteiger charge is 2.24. The Labute approximate surface area is 165 Å². The lowest BCUT2D eigenvalue weighted by Crippen LogP contribution is -2.27. The molecular formula is C22H26N2O4. The molecule has 0 radical (unpaired) electrons. The van der Waals surface area contributed by atoms with Crippen molar-refractivity contribution in [1.29, 1.82) is 5.26 Å². The van der Waals surface area contributed by atoms with Crippen LogP contribution in [-0.4, -0.2) is 21.6 Å². The van der Waals surface area contributed by atoms with Crippen LogP contribution in [0, 0.1) is 18.3 Å². The van der Waals surface area contributed by atoms with Gasteiger partial charge in [0.2, 0.25) is 5.88 Å². The minimum atomic E-state index is -0.564. The third-order valence-electron chi connectivity index (χ3n) is 4.50. The minimum Gasteiger partial charge on any atom is -0.494 e. The van der Waals surface area contributed by atoms with E-state index in [9.17, 15) is 20.0 Å². The fourth-order valence-electron chi connectivity index (χ4n) is 3.05. The molecule has 0 aliphatic rings. The van der Waals surface area contributed by atoms with Gasteiger partial charge in [-0.2, -0.15) is 5.26 Å². The van der Waals surface area contributed by atoms with Gasteiger partial charge in [-0.05, 0) is 57.0 Å². The number of hydrogen-bond donors (Lipinski definition) is 1. The summed E-state index contributed by atoms with van der Waals surface area (Å²) in [6.07, 6.45) is 2.51. The highest BCUT2D eigenvalue weighted by molar-refractivity contribution is 6.11. The number of rotatable bonds is 8. The number of carbonyl (C=O) groups is 1. The largest absolute Gasteiger partial charge is 0.494 e. The third kappa shape index (κ3) is 4.42. The number of nitrogens with zero attached hydrogens (tertiary/aromatic N) is 2. The lowest BCUT2D eigenvalue weighted by atomic mass is 9.97. The van der Waals surface area contributed by atoms with Crippen LogP contribution in [0.25, 0.3) is 0 Å². The number of hydrogen-bond acceptors (Lipinski definition) is 5. The minimum absolute atomic E-state index is 0.00910. The topological polar surface area (TPSA) is 92.3 Å². The molecule has 2 aromatic rings. The number of ketones is 1. The predicted molar refractivity (Wildman–Crippen MR) is 107 cm³/mol. The Balaban J connectivity index is 2.51. The molecule has 6 heteroatoms. The number of carbonyl (C=O) groups excluding carboxylic acids is 1. The Morgan fingerprint density at radius 3 is 2.43 bits per heavy atom. The van der Waals surface area contributed by atoms with Crippen molar-refractivity contribution in [2.75, 3.05) is 0 Å². The van der Waals surface area contributed by atoms with E-state index in [1.54, 1.807) is 24.3 Å². The molecule has 0 unspecified atom stereocenters. The van der Waals surface area contributed by atoms with Gasteiger partial charge in [-0.25, -0.2) is 0 Å². The van der Waals surface area contributed by atoms with Gasteiger partial charge in [0.05, 0.1) is 11.7 Å². The van der Waals surface area contributed by atoms with Crippen molar-refractivity contribution in [3.05, 3.63) is 56.9 Å². The van der Waals surface area contributed by atoms with E-state index < -0.39 is 11.3 Å². The maximum absolute atomic E-state index is 13.1. The fraction of sp³-hybridized carbons (Fsp3) is 0.409. The fourth-order valence-corrected chi connectivity index (χ4v) is 3.05. The quantitative estimate of drug-likeness (QED) is 0.551. The van der Waals surface area contributed by atoms with Crippen LogP contribution in [0.4, 0.5) is 0 Å². The molecule has 28 heavy (non-hydrogen) atoms. The molecule has 0 aliphatic carbocycles. The lowest BCUT2D eigenvalue weighted by molar-refractivity contribution is 0.103. The number of nitriles is 1. The van der Waals surface area contributed by atoms with Crippen LogP contribution in [0.2, 0.25) is 0 Å². The van der Waals surface area contributed by atoms with Gasteiger partial charge in [0.15, 0.2) is 5.78 Å². The SMILES string of the molecule is CCCCCn1c(O)c(C(=O)c2ccc(OC(C)C)cc2)c(C)c(C#N)c1=O. The van der Waals surface area contributed by atoms with E-state index in [2.05, 4.69) is 0 Å². The summed E-state index contributed by atoms with van der Waals surface area (Å²) in [6, 6.07) is 8.46. The van der Waals surface area contributed by atoms with Crippen molar-refractivity contribution in [2.45, 2.75) is 59.6 Å². The van der Waals surface area contributed by atoms with Gasteiger partial charge in [0.1, 0.15) is 17.4 Å². The summed E-state index contributed by atoms with van der Waals surface area (Å²) in [6.45, 7) is 7.62. The maximum Gasteiger partial charge on any atom is 0.271 e. The first-order valence-electron chi connectivity index (χ1n) is 9.49. The molecule has 148 valence electrons. The Bertz CT molecular complexity index is 950. The molecule has 0 spiro atoms. The molecule has 1 aromatic carbocycles. The molecule has 0 aliphatic heterocycles. The molecule has 0 fully saturated rings. The standard InChI is InChI=1S/C22H26N2O4/c1-5-6-7-12-24-21(26)18(13-23)15(4)19(22(24)27)20(25)16-8-10-17(11-9-16)28-14(2)3/h8-11,14,27H,5-7,12H2,1-4H3. The average Bonchev–Trinajstić information content (AvgIpc) is 2.65. The summed E-state index contributed by atoms with van der Waals surface area (Å²) in [5.41, 5.74) is -0.144. The first-order valence-corrected chi connectivity index (χ1v) is 9.49. The summed E-state index contributed by atoms with van der Waals surface area (Å²) < 4.78 is 6.71. The van der Waals surface area contributed by atoms with E-state index in [-0.39, 0.29) is 35.2 Å². The van der Waals surface area contributed by atoms with E-state index in [4.69, 9.17) is 4.74 Å². The second-order valence-corrected chi connectivity index (χ2v) is 6.99. The molecule has 0 amide bonds. The zero-order valence-electron chi connectivity index (χ0n) is 16.8. The number of aromatic hydroxyl groups is 1. The number of unbranched alkanes of at least 4 members (excludes halogenated alkanes) is 2. The van der Waals surface area contributed by atoms with Crippen molar-refractivity contribution in [2.24, 2.45) is 0 Å². The molecule has 1 aromatic heterocycles. The van der Waals surface area contributed by atoms with E-state index in [1.807, 2.05) is 26.8 Å². The number of pyridine rings is 1. The molecule has 0 saturated heterocycles. The summed E-state index contributed by atoms with van der Waals surface area (Å²) in [4.78, 5) is 25.6. The zero-order valence-corrected chi connectivity index (χ0v) is 16.8. The number of aromatic nitrogens is 1. The molecule has 0 atom stereocenters. The average molecular weight is 382 g/mol. The molecule has 2 rings (SSSR count). The normalized spacial score (nSPS) is 10.7. The van der Waals surface area contributed by atoms with Gasteiger partial charge in [-0.1, -0.05) is 19.8 Å². The van der Waals surface area contributed by atoms with Gasteiger partial charge in [0, 0.05) is 12.1 Å². The Hall–Kier alpha value is -3.07. The third-order valence-corrected chi connectivity index (χ3v) is 4.50. The second-order valence-electron chi connectivity index (χ2n) is 6.99. The van der Waals surface area contributed by atoms with Crippen molar-refractivity contribution < 1.29 is 14.6 Å². The van der Waals surface area contributed by atoms with Crippen molar-refractivity contribution in [1.82, 2.24) is 4.57 Å². The maximum atomic E-state index is 13.1. The van der Waals surface area contributed by atoms with Crippen LogP contribution in [0.3, 0.4) is 0 Å². The second kappa shape index (κ2) is 9.23. The van der Waals surface area contributed by atoms with Crippen LogP contribution < -0.4 is 10.3 Å². The van der Waals surface area contributed by atoms with E-state index >= 15 is 0 Å². The highest BCUT2D eigenvalue weighted by atomic mass is 16.5. The summed E-state index contributed by atoms with van der Waals surface area (Å²) in [5.74, 6) is -0.188. The van der Waals surface area contributed by atoms with Crippen LogP contribution in [0.5, 0.6) is 11.6 Å². The van der Waals surface area contributed by atoms with Crippen LogP contribution in [0.15, 0.2) is 29.1 Å². The van der Waals surface area contributed by atoms with Crippen LogP contribution >= 0.6 is 0 Å². The smallest absolute Gasteiger partial charge is 0.271 e. The Morgan fingerprint density at radius 2 is 1.89 bits per heavy atom. The molecule has 0 saturated carbocycles. The molecule has 1 N–H and O–H groups in total. The van der Waals surface area contributed by atoms with Crippen molar-refractivity contribution >= 4 is 5.78 Å². The van der Waals surface area contributed by atoms with Gasteiger partial charge in [0.25, 0.3) is 5.56 Å². The zero-order chi connectivity index (χ0) is 20.8. The summed E-state index contributed by atoms with van der Waals surface area (Å²) in [5, 5.41) is 20.1. The monoisotopic (exact) mass is 382 g/mol. The predicted octanol–water partition coefficient (Wildman–Crippen LogP) is 3.94. The molecular weight excluding hydrogens is 356 g/mol. The van der Waals surface area contributed by atoms with E-state index in [0.717, 1.165) is 17.4 Å². The first-order chi connectivity index (χ1) is 13.3. The Kier molecular flexibility index (Phi) is 7.00. The van der Waals surface area contributed by atoms with E-state index in [1.165, 1.54) is 6.92 Å². The lowest BCUT2D eigenvalue weighted by Gasteiger charge is -2.16. The van der Waals surface area contributed by atoms with Gasteiger partial charge in [-0.3, -0.25) is 14.2 Å². The summed E-state index contributed by atoms with van der Waals surface area (Å²) in [7, 11) is 0. The summed E-state index contributed by atoms with van der Waals surface area (Å²) >= 11 is 0. The van der Waals surface area contributed by atoms with Gasteiger partial charge >= 0.3 is 0 Å². The highest BCUT2D eigenvalue weighted by Crippen LogP contribution is 2.26. The Morgan fingerprint density at radius 1 is 1.25 bits per heavy atom. The van der Waals surface area contributed by atoms with E-state index in [0.29, 0.717) is 17.7 Å². The van der Waals surface area contributed by atoms with Crippen LogP contribution in [-0.2, 0) is 6.54 Å². The van der Waals surface area contributed by atoms with Gasteiger partial charge in [-0.15, -0.1) is 0 Å².